The van der Waals surface area contributed by atoms with Gasteiger partial charge >= 0.3 is 6.18 Å². The molecule has 1 aromatic rings. The number of methoxy groups -OCH3 is 1. The van der Waals surface area contributed by atoms with Gasteiger partial charge in [0, 0.05) is 13.7 Å². The van der Waals surface area contributed by atoms with E-state index >= 15 is 0 Å². The Morgan fingerprint density at radius 1 is 1.45 bits per heavy atom. The number of benzene rings is 1. The number of hydrogen-bond donors (Lipinski definition) is 3. The standard InChI is InChI=1S/C12H16F3N3O2/c1-7(20-2)6-17-11(19)9-5-8(12(13,14)15)3-4-10(9)18-16/h3-5,7,18H,6,16H2,1-2H3,(H,17,19). The van der Waals surface area contributed by atoms with Crippen LogP contribution in [0.4, 0.5) is 18.9 Å². The number of nitrogens with one attached hydrogen (secondary N) is 2. The third kappa shape index (κ3) is 4.10. The molecule has 1 unspecified atom stereocenters. The monoisotopic (exact) mass is 291 g/mol. The summed E-state index contributed by atoms with van der Waals surface area (Å²) in [5.41, 5.74) is 1.22. The normalized spacial score (nSPS) is 12.9. The van der Waals surface area contributed by atoms with Gasteiger partial charge in [0.1, 0.15) is 0 Å². The summed E-state index contributed by atoms with van der Waals surface area (Å²) in [4.78, 5) is 11.9. The van der Waals surface area contributed by atoms with Crippen LogP contribution < -0.4 is 16.6 Å². The Morgan fingerprint density at radius 2 is 2.10 bits per heavy atom. The van der Waals surface area contributed by atoms with Gasteiger partial charge < -0.3 is 15.5 Å². The number of hydrogen-bond acceptors (Lipinski definition) is 4. The summed E-state index contributed by atoms with van der Waals surface area (Å²) in [6.45, 7) is 1.89. The van der Waals surface area contributed by atoms with Crippen molar-refractivity contribution in [1.29, 1.82) is 0 Å². The summed E-state index contributed by atoms with van der Waals surface area (Å²) < 4.78 is 42.8. The quantitative estimate of drug-likeness (QED) is 0.570. The third-order valence-electron chi connectivity index (χ3n) is 2.70. The van der Waals surface area contributed by atoms with E-state index < -0.39 is 17.6 Å². The molecule has 0 spiro atoms. The molecule has 0 bridgehead atoms. The molecule has 1 aromatic carbocycles. The molecule has 0 aromatic heterocycles. The summed E-state index contributed by atoms with van der Waals surface area (Å²) in [6.07, 6.45) is -4.78. The zero-order chi connectivity index (χ0) is 15.3. The van der Waals surface area contributed by atoms with E-state index in [9.17, 15) is 18.0 Å². The van der Waals surface area contributed by atoms with Crippen LogP contribution in [0.5, 0.6) is 0 Å². The zero-order valence-corrected chi connectivity index (χ0v) is 11.0. The molecule has 8 heteroatoms. The van der Waals surface area contributed by atoms with Crippen LogP contribution in [0, 0.1) is 0 Å². The lowest BCUT2D eigenvalue weighted by Crippen LogP contribution is -2.32. The van der Waals surface area contributed by atoms with Crippen LogP contribution in [0.1, 0.15) is 22.8 Å². The fourth-order valence-corrected chi connectivity index (χ4v) is 1.45. The van der Waals surface area contributed by atoms with E-state index in [0.717, 1.165) is 18.2 Å². The Morgan fingerprint density at radius 3 is 2.60 bits per heavy atom. The number of anilines is 1. The molecule has 0 fully saturated rings. The largest absolute Gasteiger partial charge is 0.416 e. The number of carbonyl (C=O) groups excluding carboxylic acids is 1. The number of hydrazine groups is 1. The van der Waals surface area contributed by atoms with E-state index in [1.165, 1.54) is 7.11 Å². The molecule has 1 atom stereocenters. The number of amides is 1. The Hall–Kier alpha value is -1.80. The average molecular weight is 291 g/mol. The van der Waals surface area contributed by atoms with Crippen molar-refractivity contribution in [3.05, 3.63) is 29.3 Å². The summed E-state index contributed by atoms with van der Waals surface area (Å²) in [5, 5.41) is 2.48. The zero-order valence-electron chi connectivity index (χ0n) is 11.0. The van der Waals surface area contributed by atoms with Crippen molar-refractivity contribution in [3.8, 4) is 0 Å². The number of alkyl halides is 3. The predicted molar refractivity (Wildman–Crippen MR) is 68.1 cm³/mol. The van der Waals surface area contributed by atoms with E-state index in [2.05, 4.69) is 10.7 Å². The first-order chi connectivity index (χ1) is 9.29. The average Bonchev–Trinajstić information content (AvgIpc) is 2.42. The fourth-order valence-electron chi connectivity index (χ4n) is 1.45. The summed E-state index contributed by atoms with van der Waals surface area (Å²) in [7, 11) is 1.47. The first-order valence-electron chi connectivity index (χ1n) is 5.78. The molecule has 112 valence electrons. The Bertz CT molecular complexity index is 478. The Labute approximate surface area is 114 Å². The van der Waals surface area contributed by atoms with E-state index in [1.54, 1.807) is 6.92 Å². The van der Waals surface area contributed by atoms with Crippen molar-refractivity contribution in [2.45, 2.75) is 19.2 Å². The number of carbonyl (C=O) groups is 1. The highest BCUT2D eigenvalue weighted by molar-refractivity contribution is 5.99. The van der Waals surface area contributed by atoms with E-state index in [4.69, 9.17) is 10.6 Å². The molecule has 0 aliphatic rings. The van der Waals surface area contributed by atoms with Gasteiger partial charge in [-0.25, -0.2) is 0 Å². The minimum atomic E-state index is -4.53. The minimum absolute atomic E-state index is 0.112. The van der Waals surface area contributed by atoms with Crippen LogP contribution in [-0.2, 0) is 10.9 Å². The van der Waals surface area contributed by atoms with Gasteiger partial charge in [0.25, 0.3) is 5.91 Å². The third-order valence-corrected chi connectivity index (χ3v) is 2.70. The van der Waals surface area contributed by atoms with Crippen LogP contribution >= 0.6 is 0 Å². The molecular weight excluding hydrogens is 275 g/mol. The van der Waals surface area contributed by atoms with Crippen LogP contribution in [0.3, 0.4) is 0 Å². The molecule has 1 rings (SSSR count). The number of nitrogen functional groups attached to an aromatic ring is 1. The van der Waals surface area contributed by atoms with Crippen LogP contribution in [-0.4, -0.2) is 25.7 Å². The molecule has 0 saturated carbocycles. The number of rotatable bonds is 5. The van der Waals surface area contributed by atoms with Gasteiger partial charge in [0.15, 0.2) is 0 Å². The van der Waals surface area contributed by atoms with Crippen molar-refractivity contribution < 1.29 is 22.7 Å². The van der Waals surface area contributed by atoms with Crippen molar-refractivity contribution >= 4 is 11.6 Å². The molecule has 4 N–H and O–H groups in total. The molecule has 0 saturated heterocycles. The predicted octanol–water partition coefficient (Wildman–Crippen LogP) is 1.76. The molecule has 0 radical (unpaired) electrons. The van der Waals surface area contributed by atoms with E-state index in [-0.39, 0.29) is 23.9 Å². The van der Waals surface area contributed by atoms with Gasteiger partial charge in [0.05, 0.1) is 22.9 Å². The van der Waals surface area contributed by atoms with Gasteiger partial charge in [-0.05, 0) is 25.1 Å². The lowest BCUT2D eigenvalue weighted by molar-refractivity contribution is -0.137. The summed E-state index contributed by atoms with van der Waals surface area (Å²) >= 11 is 0. The Balaban J connectivity index is 2.99. The maximum absolute atomic E-state index is 12.6. The first kappa shape index (κ1) is 16.3. The second-order valence-corrected chi connectivity index (χ2v) is 4.16. The van der Waals surface area contributed by atoms with Crippen LogP contribution in [0.15, 0.2) is 18.2 Å². The molecule has 0 aliphatic carbocycles. The minimum Gasteiger partial charge on any atom is -0.380 e. The summed E-state index contributed by atoms with van der Waals surface area (Å²) in [5.74, 6) is 4.53. The number of halogens is 3. The highest BCUT2D eigenvalue weighted by Crippen LogP contribution is 2.31. The van der Waals surface area contributed by atoms with Crippen molar-refractivity contribution in [2.75, 3.05) is 19.1 Å². The van der Waals surface area contributed by atoms with Gasteiger partial charge in [-0.3, -0.25) is 10.6 Å². The van der Waals surface area contributed by atoms with Crippen molar-refractivity contribution in [1.82, 2.24) is 5.32 Å². The van der Waals surface area contributed by atoms with E-state index in [0.29, 0.717) is 0 Å². The lowest BCUT2D eigenvalue weighted by atomic mass is 10.1. The first-order valence-corrected chi connectivity index (χ1v) is 5.78. The smallest absolute Gasteiger partial charge is 0.380 e. The molecule has 20 heavy (non-hydrogen) atoms. The molecular formula is C12H16F3N3O2. The van der Waals surface area contributed by atoms with Crippen LogP contribution in [0.2, 0.25) is 0 Å². The highest BCUT2D eigenvalue weighted by atomic mass is 19.4. The van der Waals surface area contributed by atoms with Crippen molar-refractivity contribution in [3.63, 3.8) is 0 Å². The fraction of sp³-hybridized carbons (Fsp3) is 0.417. The maximum Gasteiger partial charge on any atom is 0.416 e. The SMILES string of the molecule is COC(C)CNC(=O)c1cc(C(F)(F)F)ccc1NN. The van der Waals surface area contributed by atoms with E-state index in [1.807, 2.05) is 0 Å². The molecule has 5 nitrogen and oxygen atoms in total. The number of ether oxygens (including phenoxy) is 1. The van der Waals surface area contributed by atoms with Gasteiger partial charge in [-0.2, -0.15) is 13.2 Å². The van der Waals surface area contributed by atoms with Crippen LogP contribution in [0.25, 0.3) is 0 Å². The number of nitrogens with two attached hydrogens (primary N) is 1. The topological polar surface area (TPSA) is 76.4 Å². The molecule has 0 heterocycles. The maximum atomic E-state index is 12.6. The second-order valence-electron chi connectivity index (χ2n) is 4.16. The van der Waals surface area contributed by atoms with Gasteiger partial charge in [0.2, 0.25) is 0 Å². The molecule has 0 aliphatic heterocycles. The summed E-state index contributed by atoms with van der Waals surface area (Å²) in [6, 6.07) is 2.71. The van der Waals surface area contributed by atoms with Gasteiger partial charge in [-0.15, -0.1) is 0 Å². The van der Waals surface area contributed by atoms with Gasteiger partial charge in [-0.1, -0.05) is 0 Å². The highest BCUT2D eigenvalue weighted by Gasteiger charge is 2.31. The van der Waals surface area contributed by atoms with Crippen molar-refractivity contribution in [2.24, 2.45) is 5.84 Å². The molecule has 1 amide bonds. The lowest BCUT2D eigenvalue weighted by Gasteiger charge is -2.15. The second kappa shape index (κ2) is 6.58. The Kier molecular flexibility index (Phi) is 5.34.